The molecule has 6 nitrogen and oxygen atoms in total. The van der Waals surface area contributed by atoms with Crippen molar-refractivity contribution < 1.29 is 9.59 Å². The number of hydrogen-bond donors (Lipinski definition) is 1. The Morgan fingerprint density at radius 2 is 2.05 bits per heavy atom. The van der Waals surface area contributed by atoms with Crippen molar-refractivity contribution in [2.75, 3.05) is 13.1 Å². The Morgan fingerprint density at radius 1 is 1.35 bits per heavy atom. The molecule has 2 heterocycles. The van der Waals surface area contributed by atoms with Crippen LogP contribution < -0.4 is 5.32 Å². The van der Waals surface area contributed by atoms with Gasteiger partial charge in [0, 0.05) is 19.8 Å². The van der Waals surface area contributed by atoms with Gasteiger partial charge in [-0.3, -0.25) is 14.3 Å². The Labute approximate surface area is 119 Å². The Kier molecular flexibility index (Phi) is 4.11. The normalized spacial score (nSPS) is 18.2. The van der Waals surface area contributed by atoms with Gasteiger partial charge in [0.05, 0.1) is 12.7 Å². The maximum atomic E-state index is 12.2. The highest BCUT2D eigenvalue weighted by atomic mass is 16.2. The molecule has 0 unspecified atom stereocenters. The van der Waals surface area contributed by atoms with E-state index in [9.17, 15) is 9.59 Å². The fraction of sp³-hybridized carbons (Fsp3) is 0.643. The van der Waals surface area contributed by atoms with Crippen molar-refractivity contribution in [1.29, 1.82) is 0 Å². The predicted molar refractivity (Wildman–Crippen MR) is 74.9 cm³/mol. The lowest BCUT2D eigenvalue weighted by Crippen LogP contribution is -2.67. The van der Waals surface area contributed by atoms with Gasteiger partial charge < -0.3 is 10.2 Å². The third-order valence-electron chi connectivity index (χ3n) is 4.19. The fourth-order valence-corrected chi connectivity index (χ4v) is 2.91. The molecule has 6 heteroatoms. The zero-order valence-electron chi connectivity index (χ0n) is 12.3. The van der Waals surface area contributed by atoms with Crippen molar-refractivity contribution in [3.63, 3.8) is 0 Å². The molecular formula is C14H22N4O2. The van der Waals surface area contributed by atoms with Gasteiger partial charge in [-0.25, -0.2) is 0 Å². The van der Waals surface area contributed by atoms with E-state index in [1.54, 1.807) is 15.8 Å². The lowest BCUT2D eigenvalue weighted by Gasteiger charge is -2.45. The van der Waals surface area contributed by atoms with Crippen LogP contribution in [0.25, 0.3) is 0 Å². The number of piperazine rings is 1. The largest absolute Gasteiger partial charge is 0.345 e. The highest BCUT2D eigenvalue weighted by molar-refractivity contribution is 5.97. The SMILES string of the molecule is CCC1(CC)C(=O)NCC(=O)N1CCc1cnn(C)c1. The van der Waals surface area contributed by atoms with Gasteiger partial charge in [0.25, 0.3) is 0 Å². The molecule has 1 aromatic rings. The van der Waals surface area contributed by atoms with Crippen LogP contribution in [0.5, 0.6) is 0 Å². The van der Waals surface area contributed by atoms with Gasteiger partial charge in [-0.1, -0.05) is 13.8 Å². The van der Waals surface area contributed by atoms with Gasteiger partial charge >= 0.3 is 0 Å². The molecule has 2 rings (SSSR count). The molecule has 20 heavy (non-hydrogen) atoms. The molecule has 0 radical (unpaired) electrons. The minimum atomic E-state index is -0.697. The standard InChI is InChI=1S/C14H22N4O2/c1-4-14(5-2)13(20)15-9-12(19)18(14)7-6-11-8-16-17(3)10-11/h8,10H,4-7,9H2,1-3H3,(H,15,20). The maximum absolute atomic E-state index is 12.2. The average molecular weight is 278 g/mol. The first-order valence-corrected chi connectivity index (χ1v) is 7.09. The molecule has 0 aliphatic carbocycles. The first-order chi connectivity index (χ1) is 9.53. The molecule has 1 N–H and O–H groups in total. The van der Waals surface area contributed by atoms with Gasteiger partial charge in [0.15, 0.2) is 0 Å². The summed E-state index contributed by atoms with van der Waals surface area (Å²) in [5, 5.41) is 6.84. The van der Waals surface area contributed by atoms with Gasteiger partial charge in [-0.15, -0.1) is 0 Å². The molecule has 1 aliphatic rings. The summed E-state index contributed by atoms with van der Waals surface area (Å²) in [5.41, 5.74) is 0.379. The highest BCUT2D eigenvalue weighted by Crippen LogP contribution is 2.27. The number of carbonyl (C=O) groups is 2. The van der Waals surface area contributed by atoms with E-state index in [1.807, 2.05) is 27.1 Å². The predicted octanol–water partition coefficient (Wildman–Crippen LogP) is 0.480. The van der Waals surface area contributed by atoms with Crippen LogP contribution in [0, 0.1) is 0 Å². The van der Waals surface area contributed by atoms with Gasteiger partial charge in [-0.05, 0) is 24.8 Å². The molecule has 2 amide bonds. The second-order valence-electron chi connectivity index (χ2n) is 5.24. The first kappa shape index (κ1) is 14.6. The lowest BCUT2D eigenvalue weighted by molar-refractivity contribution is -0.154. The van der Waals surface area contributed by atoms with Crippen LogP contribution in [0.15, 0.2) is 12.4 Å². The van der Waals surface area contributed by atoms with Crippen LogP contribution in [-0.2, 0) is 23.1 Å². The zero-order valence-corrected chi connectivity index (χ0v) is 12.3. The van der Waals surface area contributed by atoms with Crippen LogP contribution in [0.4, 0.5) is 0 Å². The van der Waals surface area contributed by atoms with Crippen LogP contribution in [-0.4, -0.2) is 45.1 Å². The van der Waals surface area contributed by atoms with Crippen LogP contribution in [0.1, 0.15) is 32.3 Å². The molecule has 110 valence electrons. The lowest BCUT2D eigenvalue weighted by atomic mass is 9.87. The molecule has 1 saturated heterocycles. The Balaban J connectivity index is 2.16. The second kappa shape index (κ2) is 5.64. The molecule has 0 spiro atoms. The number of aryl methyl sites for hydroxylation is 1. The van der Waals surface area contributed by atoms with E-state index < -0.39 is 5.54 Å². The van der Waals surface area contributed by atoms with E-state index in [0.717, 1.165) is 5.56 Å². The molecule has 1 fully saturated rings. The minimum absolute atomic E-state index is 0.00260. The molecular weight excluding hydrogens is 256 g/mol. The summed E-state index contributed by atoms with van der Waals surface area (Å²) in [7, 11) is 1.87. The zero-order chi connectivity index (χ0) is 14.8. The molecule has 1 aliphatic heterocycles. The van der Waals surface area contributed by atoms with E-state index in [-0.39, 0.29) is 18.4 Å². The minimum Gasteiger partial charge on any atom is -0.345 e. The quantitative estimate of drug-likeness (QED) is 0.852. The van der Waals surface area contributed by atoms with Crippen molar-refractivity contribution >= 4 is 11.8 Å². The summed E-state index contributed by atoms with van der Waals surface area (Å²) < 4.78 is 1.74. The van der Waals surface area contributed by atoms with Gasteiger partial charge in [-0.2, -0.15) is 5.10 Å². The van der Waals surface area contributed by atoms with Crippen LogP contribution in [0.2, 0.25) is 0 Å². The van der Waals surface area contributed by atoms with Crippen molar-refractivity contribution in [3.8, 4) is 0 Å². The molecule has 1 aromatic heterocycles. The van der Waals surface area contributed by atoms with E-state index in [1.165, 1.54) is 0 Å². The average Bonchev–Trinajstić information content (AvgIpc) is 2.85. The third-order valence-corrected chi connectivity index (χ3v) is 4.19. The number of nitrogens with one attached hydrogen (secondary N) is 1. The second-order valence-corrected chi connectivity index (χ2v) is 5.24. The summed E-state index contributed by atoms with van der Waals surface area (Å²) in [4.78, 5) is 26.2. The third kappa shape index (κ3) is 2.42. The maximum Gasteiger partial charge on any atom is 0.246 e. The van der Waals surface area contributed by atoms with E-state index in [4.69, 9.17) is 0 Å². The monoisotopic (exact) mass is 278 g/mol. The highest BCUT2D eigenvalue weighted by Gasteiger charge is 2.46. The van der Waals surface area contributed by atoms with E-state index >= 15 is 0 Å². The molecule has 0 atom stereocenters. The van der Waals surface area contributed by atoms with Gasteiger partial charge in [0.1, 0.15) is 5.54 Å². The van der Waals surface area contributed by atoms with E-state index in [0.29, 0.717) is 25.8 Å². The van der Waals surface area contributed by atoms with Gasteiger partial charge in [0.2, 0.25) is 11.8 Å². The number of hydrogen-bond acceptors (Lipinski definition) is 3. The molecule has 0 aromatic carbocycles. The number of amides is 2. The number of carbonyl (C=O) groups excluding carboxylic acids is 2. The van der Waals surface area contributed by atoms with Crippen molar-refractivity contribution in [2.24, 2.45) is 7.05 Å². The number of nitrogens with zero attached hydrogens (tertiary/aromatic N) is 3. The number of aromatic nitrogens is 2. The smallest absolute Gasteiger partial charge is 0.246 e. The van der Waals surface area contributed by atoms with E-state index in [2.05, 4.69) is 10.4 Å². The summed E-state index contributed by atoms with van der Waals surface area (Å²) in [6, 6.07) is 0. The fourth-order valence-electron chi connectivity index (χ4n) is 2.91. The Hall–Kier alpha value is -1.85. The summed E-state index contributed by atoms with van der Waals surface area (Å²) >= 11 is 0. The van der Waals surface area contributed by atoms with Crippen LogP contribution >= 0.6 is 0 Å². The number of rotatable bonds is 5. The first-order valence-electron chi connectivity index (χ1n) is 7.09. The summed E-state index contributed by atoms with van der Waals surface area (Å²) in [5.74, 6) is -0.0366. The topological polar surface area (TPSA) is 67.2 Å². The Bertz CT molecular complexity index is 505. The van der Waals surface area contributed by atoms with Crippen molar-refractivity contribution in [2.45, 2.75) is 38.6 Å². The molecule has 0 saturated carbocycles. The summed E-state index contributed by atoms with van der Waals surface area (Å²) in [6.45, 7) is 4.57. The van der Waals surface area contributed by atoms with Crippen LogP contribution in [0.3, 0.4) is 0 Å². The molecule has 0 bridgehead atoms. The summed E-state index contributed by atoms with van der Waals surface area (Å²) in [6.07, 6.45) is 5.72. The van der Waals surface area contributed by atoms with Crippen molar-refractivity contribution in [1.82, 2.24) is 20.0 Å². The Morgan fingerprint density at radius 3 is 2.60 bits per heavy atom. The van der Waals surface area contributed by atoms with Crippen molar-refractivity contribution in [3.05, 3.63) is 18.0 Å².